The molecule has 0 saturated carbocycles. The molecule has 0 spiro atoms. The largest absolute Gasteiger partial charge is 0.288 e. The third-order valence-electron chi connectivity index (χ3n) is 5.92. The van der Waals surface area contributed by atoms with Gasteiger partial charge in [-0.2, -0.15) is 0 Å². The Morgan fingerprint density at radius 3 is 2.57 bits per heavy atom. The molecule has 1 aliphatic rings. The van der Waals surface area contributed by atoms with E-state index in [-0.39, 0.29) is 0 Å². The van der Waals surface area contributed by atoms with E-state index >= 15 is 0 Å². The van der Waals surface area contributed by atoms with Gasteiger partial charge in [-0.05, 0) is 52.9 Å². The van der Waals surface area contributed by atoms with Crippen LogP contribution in [-0.4, -0.2) is 19.4 Å². The van der Waals surface area contributed by atoms with Gasteiger partial charge in [-0.1, -0.05) is 36.4 Å². The van der Waals surface area contributed by atoms with E-state index in [0.29, 0.717) is 0 Å². The zero-order valence-corrected chi connectivity index (χ0v) is 14.9. The summed E-state index contributed by atoms with van der Waals surface area (Å²) in [6, 6.07) is 21.3. The van der Waals surface area contributed by atoms with Crippen molar-refractivity contribution in [2.75, 3.05) is 0 Å². The molecule has 0 N–H and O–H groups in total. The molecule has 2 aromatic carbocycles. The molecule has 0 aliphatic heterocycles. The SMILES string of the molecule is c1ccc2c(c1)Cc1c-2ccc2c3ncccc3n3c4cccnc4nc3c12. The molecule has 28 heavy (non-hydrogen) atoms. The Labute approximate surface area is 160 Å². The highest BCUT2D eigenvalue weighted by atomic mass is 15.1. The predicted molar refractivity (Wildman–Crippen MR) is 112 cm³/mol. The molecule has 4 heterocycles. The number of nitrogens with zero attached hydrogens (tertiary/aromatic N) is 4. The van der Waals surface area contributed by atoms with Gasteiger partial charge >= 0.3 is 0 Å². The maximum atomic E-state index is 4.96. The smallest absolute Gasteiger partial charge is 0.178 e. The van der Waals surface area contributed by atoms with Gasteiger partial charge in [0, 0.05) is 23.2 Å². The second kappa shape index (κ2) is 4.93. The van der Waals surface area contributed by atoms with Gasteiger partial charge in [-0.3, -0.25) is 9.38 Å². The zero-order chi connectivity index (χ0) is 18.2. The molecule has 0 bridgehead atoms. The van der Waals surface area contributed by atoms with Gasteiger partial charge in [-0.25, -0.2) is 9.97 Å². The molecule has 6 aromatic rings. The second-order valence-electron chi connectivity index (χ2n) is 7.34. The van der Waals surface area contributed by atoms with Crippen LogP contribution in [0.4, 0.5) is 0 Å². The van der Waals surface area contributed by atoms with Crippen molar-refractivity contribution in [2.45, 2.75) is 6.42 Å². The highest BCUT2D eigenvalue weighted by Gasteiger charge is 2.24. The highest BCUT2D eigenvalue weighted by molar-refractivity contribution is 6.15. The molecular weight excluding hydrogens is 344 g/mol. The average molecular weight is 358 g/mol. The number of imidazole rings is 1. The zero-order valence-electron chi connectivity index (χ0n) is 14.9. The van der Waals surface area contributed by atoms with Crippen molar-refractivity contribution >= 4 is 38.6 Å². The summed E-state index contributed by atoms with van der Waals surface area (Å²) in [5.41, 5.74) is 10.2. The van der Waals surface area contributed by atoms with Gasteiger partial charge in [0.2, 0.25) is 0 Å². The molecule has 4 aromatic heterocycles. The first-order valence-corrected chi connectivity index (χ1v) is 9.44. The van der Waals surface area contributed by atoms with Crippen molar-refractivity contribution in [3.8, 4) is 11.1 Å². The van der Waals surface area contributed by atoms with Crippen molar-refractivity contribution in [2.24, 2.45) is 0 Å². The standard InChI is InChI=1S/C24H14N4/c1-2-6-15-14(5-1)13-18-16(15)9-10-17-21(18)24-27-23-20(8-4-12-26-23)28(24)19-7-3-11-25-22(17)19/h1-12H,13H2. The maximum absolute atomic E-state index is 4.96. The molecule has 1 aliphatic carbocycles. The first-order valence-electron chi connectivity index (χ1n) is 9.44. The molecule has 0 radical (unpaired) electrons. The Kier molecular flexibility index (Phi) is 2.51. The van der Waals surface area contributed by atoms with Crippen LogP contribution in [0.2, 0.25) is 0 Å². The Hall–Kier alpha value is -3.79. The summed E-state index contributed by atoms with van der Waals surface area (Å²) in [6.45, 7) is 0. The molecule has 7 rings (SSSR count). The lowest BCUT2D eigenvalue weighted by Crippen LogP contribution is -1.96. The van der Waals surface area contributed by atoms with E-state index in [2.05, 4.69) is 57.9 Å². The molecule has 0 fully saturated rings. The highest BCUT2D eigenvalue weighted by Crippen LogP contribution is 2.43. The first-order chi connectivity index (χ1) is 13.9. The monoisotopic (exact) mass is 358 g/mol. The van der Waals surface area contributed by atoms with Crippen molar-refractivity contribution in [3.05, 3.63) is 84.2 Å². The summed E-state index contributed by atoms with van der Waals surface area (Å²) in [5, 5.41) is 2.35. The van der Waals surface area contributed by atoms with E-state index in [1.54, 1.807) is 6.20 Å². The van der Waals surface area contributed by atoms with E-state index in [0.717, 1.165) is 39.7 Å². The maximum Gasteiger partial charge on any atom is 0.178 e. The van der Waals surface area contributed by atoms with Gasteiger partial charge in [0.15, 0.2) is 5.65 Å². The summed E-state index contributed by atoms with van der Waals surface area (Å²) < 4.78 is 2.22. The quantitative estimate of drug-likeness (QED) is 0.352. The molecule has 0 saturated heterocycles. The van der Waals surface area contributed by atoms with Crippen LogP contribution < -0.4 is 0 Å². The third-order valence-corrected chi connectivity index (χ3v) is 5.92. The van der Waals surface area contributed by atoms with Crippen LogP contribution in [0, 0.1) is 0 Å². The van der Waals surface area contributed by atoms with E-state index in [1.807, 2.05) is 18.3 Å². The number of hydrogen-bond acceptors (Lipinski definition) is 3. The summed E-state index contributed by atoms with van der Waals surface area (Å²) >= 11 is 0. The Bertz CT molecular complexity index is 1590. The minimum atomic E-state index is 0.772. The summed E-state index contributed by atoms with van der Waals surface area (Å²) in [4.78, 5) is 14.2. The molecule has 0 atom stereocenters. The average Bonchev–Trinajstić information content (AvgIpc) is 3.32. The number of pyridine rings is 3. The Balaban J connectivity index is 1.79. The van der Waals surface area contributed by atoms with E-state index in [1.165, 1.54) is 27.6 Å². The first kappa shape index (κ1) is 14.3. The van der Waals surface area contributed by atoms with Crippen LogP contribution in [0.5, 0.6) is 0 Å². The van der Waals surface area contributed by atoms with Crippen LogP contribution in [0.25, 0.3) is 49.7 Å². The fraction of sp³-hybridized carbons (Fsp3) is 0.0417. The second-order valence-corrected chi connectivity index (χ2v) is 7.34. The van der Waals surface area contributed by atoms with Crippen molar-refractivity contribution in [1.82, 2.24) is 19.4 Å². The minimum Gasteiger partial charge on any atom is -0.288 e. The number of hydrogen-bond donors (Lipinski definition) is 0. The fourth-order valence-electron chi connectivity index (χ4n) is 4.77. The van der Waals surface area contributed by atoms with E-state index < -0.39 is 0 Å². The minimum absolute atomic E-state index is 0.772. The van der Waals surface area contributed by atoms with Crippen LogP contribution >= 0.6 is 0 Å². The van der Waals surface area contributed by atoms with Crippen molar-refractivity contribution in [3.63, 3.8) is 0 Å². The van der Waals surface area contributed by atoms with Crippen LogP contribution in [0.15, 0.2) is 73.1 Å². The summed E-state index contributed by atoms with van der Waals surface area (Å²) in [7, 11) is 0. The van der Waals surface area contributed by atoms with E-state index in [9.17, 15) is 0 Å². The predicted octanol–water partition coefficient (Wildman–Crippen LogP) is 5.16. The molecule has 4 heteroatoms. The van der Waals surface area contributed by atoms with Crippen LogP contribution in [-0.2, 0) is 6.42 Å². The third kappa shape index (κ3) is 1.63. The summed E-state index contributed by atoms with van der Waals surface area (Å²) in [5.74, 6) is 0. The van der Waals surface area contributed by atoms with Crippen molar-refractivity contribution < 1.29 is 0 Å². The normalized spacial score (nSPS) is 12.9. The number of rotatable bonds is 0. The van der Waals surface area contributed by atoms with Crippen LogP contribution in [0.1, 0.15) is 11.1 Å². The van der Waals surface area contributed by atoms with Gasteiger partial charge in [-0.15, -0.1) is 0 Å². The van der Waals surface area contributed by atoms with Gasteiger partial charge in [0.1, 0.15) is 5.65 Å². The van der Waals surface area contributed by atoms with Gasteiger partial charge in [0.05, 0.1) is 16.6 Å². The number of fused-ring (bicyclic) bond motifs is 12. The topological polar surface area (TPSA) is 43.1 Å². The fourth-order valence-corrected chi connectivity index (χ4v) is 4.77. The molecule has 0 amide bonds. The van der Waals surface area contributed by atoms with Gasteiger partial charge < -0.3 is 0 Å². The summed E-state index contributed by atoms with van der Waals surface area (Å²) in [6.07, 6.45) is 4.60. The number of benzene rings is 2. The number of aromatic nitrogens is 4. The lowest BCUT2D eigenvalue weighted by Gasteiger charge is -2.11. The van der Waals surface area contributed by atoms with Crippen molar-refractivity contribution in [1.29, 1.82) is 0 Å². The molecule has 0 unspecified atom stereocenters. The Morgan fingerprint density at radius 1 is 0.750 bits per heavy atom. The lowest BCUT2D eigenvalue weighted by molar-refractivity contribution is 1.26. The van der Waals surface area contributed by atoms with E-state index in [4.69, 9.17) is 9.97 Å². The Morgan fingerprint density at radius 2 is 1.61 bits per heavy atom. The molecule has 4 nitrogen and oxygen atoms in total. The molecular formula is C24H14N4. The van der Waals surface area contributed by atoms with Gasteiger partial charge in [0.25, 0.3) is 0 Å². The molecule has 130 valence electrons. The lowest BCUT2D eigenvalue weighted by atomic mass is 9.99. The van der Waals surface area contributed by atoms with Crippen LogP contribution in [0.3, 0.4) is 0 Å².